The Kier molecular flexibility index (Phi) is 5.42. The highest BCUT2D eigenvalue weighted by Crippen LogP contribution is 2.16. The van der Waals surface area contributed by atoms with Crippen LogP contribution in [-0.2, 0) is 9.59 Å². The van der Waals surface area contributed by atoms with Crippen molar-refractivity contribution in [1.82, 2.24) is 10.6 Å². The van der Waals surface area contributed by atoms with E-state index in [-0.39, 0.29) is 18.4 Å². The molecule has 0 atom stereocenters. The maximum atomic E-state index is 11.4. The topological polar surface area (TPSA) is 58.2 Å². The second-order valence-electron chi connectivity index (χ2n) is 3.47. The second kappa shape index (κ2) is 6.85. The molecule has 1 aromatic rings. The van der Waals surface area contributed by atoms with Crippen molar-refractivity contribution in [3.8, 4) is 0 Å². The molecule has 0 radical (unpaired) electrons. The Morgan fingerprint density at radius 3 is 2.76 bits per heavy atom. The molecule has 1 aromatic heterocycles. The molecule has 2 amide bonds. The number of hydrogen-bond donors (Lipinski definition) is 2. The van der Waals surface area contributed by atoms with E-state index < -0.39 is 0 Å². The van der Waals surface area contributed by atoms with Crippen LogP contribution in [0, 0.1) is 6.92 Å². The number of amides is 2. The van der Waals surface area contributed by atoms with Crippen LogP contribution in [0.4, 0.5) is 0 Å². The van der Waals surface area contributed by atoms with Crippen LogP contribution < -0.4 is 10.6 Å². The first kappa shape index (κ1) is 13.4. The standard InChI is InChI=1S/C12H16N2O2S/c1-3-13-12(16)8-14-11(15)5-4-10-9(2)6-7-17-10/h4-7H,3,8H2,1-2H3,(H,13,16)(H,14,15)/b5-4+. The van der Waals surface area contributed by atoms with Crippen molar-refractivity contribution >= 4 is 29.2 Å². The number of hydrogen-bond acceptors (Lipinski definition) is 3. The lowest BCUT2D eigenvalue weighted by molar-refractivity contribution is -0.123. The van der Waals surface area contributed by atoms with Crippen LogP contribution in [0.3, 0.4) is 0 Å². The molecule has 1 heterocycles. The summed E-state index contributed by atoms with van der Waals surface area (Å²) in [7, 11) is 0. The summed E-state index contributed by atoms with van der Waals surface area (Å²) in [4.78, 5) is 23.5. The van der Waals surface area contributed by atoms with Gasteiger partial charge in [-0.25, -0.2) is 0 Å². The Labute approximate surface area is 105 Å². The quantitative estimate of drug-likeness (QED) is 0.777. The maximum Gasteiger partial charge on any atom is 0.244 e. The Balaban J connectivity index is 2.37. The van der Waals surface area contributed by atoms with Crippen molar-refractivity contribution in [2.75, 3.05) is 13.1 Å². The summed E-state index contributed by atoms with van der Waals surface area (Å²) in [5, 5.41) is 7.09. The minimum Gasteiger partial charge on any atom is -0.355 e. The predicted octanol–water partition coefficient (Wildman–Crippen LogP) is 1.32. The van der Waals surface area contributed by atoms with E-state index in [4.69, 9.17) is 0 Å². The molecule has 0 fully saturated rings. The minimum atomic E-state index is -0.260. The van der Waals surface area contributed by atoms with Gasteiger partial charge < -0.3 is 10.6 Å². The number of carbonyl (C=O) groups excluding carboxylic acids is 2. The summed E-state index contributed by atoms with van der Waals surface area (Å²) >= 11 is 1.58. The summed E-state index contributed by atoms with van der Waals surface area (Å²) in [5.74, 6) is -0.439. The number of likely N-dealkylation sites (N-methyl/N-ethyl adjacent to an activating group) is 1. The molecular formula is C12H16N2O2S. The first-order valence-electron chi connectivity index (χ1n) is 5.40. The molecule has 5 heteroatoms. The highest BCUT2D eigenvalue weighted by molar-refractivity contribution is 7.11. The number of aryl methyl sites for hydroxylation is 1. The van der Waals surface area contributed by atoms with Crippen LogP contribution in [0.25, 0.3) is 6.08 Å². The fourth-order valence-electron chi connectivity index (χ4n) is 1.19. The van der Waals surface area contributed by atoms with Gasteiger partial charge in [0.25, 0.3) is 0 Å². The molecule has 0 saturated carbocycles. The molecule has 92 valence electrons. The van der Waals surface area contributed by atoms with Crippen molar-refractivity contribution < 1.29 is 9.59 Å². The molecule has 0 aliphatic rings. The lowest BCUT2D eigenvalue weighted by Crippen LogP contribution is -2.35. The van der Waals surface area contributed by atoms with Gasteiger partial charge in [-0.05, 0) is 36.9 Å². The van der Waals surface area contributed by atoms with E-state index in [2.05, 4.69) is 10.6 Å². The smallest absolute Gasteiger partial charge is 0.244 e. The summed E-state index contributed by atoms with van der Waals surface area (Å²) in [5.41, 5.74) is 1.14. The van der Waals surface area contributed by atoms with Gasteiger partial charge in [0.2, 0.25) is 11.8 Å². The molecule has 0 saturated heterocycles. The molecule has 0 bridgehead atoms. The molecule has 0 aliphatic heterocycles. The molecule has 0 aliphatic carbocycles. The summed E-state index contributed by atoms with van der Waals surface area (Å²) in [6.07, 6.45) is 3.20. The first-order chi connectivity index (χ1) is 8.13. The van der Waals surface area contributed by atoms with Crippen LogP contribution in [0.2, 0.25) is 0 Å². The van der Waals surface area contributed by atoms with Gasteiger partial charge in [-0.3, -0.25) is 9.59 Å². The van der Waals surface area contributed by atoms with Crippen LogP contribution >= 0.6 is 11.3 Å². The highest BCUT2D eigenvalue weighted by atomic mass is 32.1. The van der Waals surface area contributed by atoms with E-state index in [0.717, 1.165) is 10.4 Å². The third-order valence-corrected chi connectivity index (χ3v) is 3.07. The molecule has 0 aromatic carbocycles. The normalized spacial score (nSPS) is 10.5. The van der Waals surface area contributed by atoms with Crippen molar-refractivity contribution in [3.63, 3.8) is 0 Å². The molecule has 2 N–H and O–H groups in total. The molecule has 1 rings (SSSR count). The average molecular weight is 252 g/mol. The summed E-state index contributed by atoms with van der Waals surface area (Å²) in [6.45, 7) is 4.40. The van der Waals surface area contributed by atoms with Crippen LogP contribution in [0.5, 0.6) is 0 Å². The van der Waals surface area contributed by atoms with E-state index in [1.165, 1.54) is 6.08 Å². The monoisotopic (exact) mass is 252 g/mol. The molecular weight excluding hydrogens is 236 g/mol. The van der Waals surface area contributed by atoms with Gasteiger partial charge in [-0.2, -0.15) is 0 Å². The fourth-order valence-corrected chi connectivity index (χ4v) is 2.01. The van der Waals surface area contributed by atoms with Crippen LogP contribution in [-0.4, -0.2) is 24.9 Å². The lowest BCUT2D eigenvalue weighted by Gasteiger charge is -2.02. The van der Waals surface area contributed by atoms with Crippen LogP contribution in [0.1, 0.15) is 17.4 Å². The third kappa shape index (κ3) is 4.82. The van der Waals surface area contributed by atoms with Crippen molar-refractivity contribution in [2.45, 2.75) is 13.8 Å². The van der Waals surface area contributed by atoms with Gasteiger partial charge in [-0.1, -0.05) is 0 Å². The van der Waals surface area contributed by atoms with E-state index in [9.17, 15) is 9.59 Å². The maximum absolute atomic E-state index is 11.4. The lowest BCUT2D eigenvalue weighted by atomic mass is 10.3. The van der Waals surface area contributed by atoms with E-state index in [1.54, 1.807) is 17.4 Å². The number of rotatable bonds is 5. The Hall–Kier alpha value is -1.62. The first-order valence-corrected chi connectivity index (χ1v) is 6.28. The third-order valence-electron chi connectivity index (χ3n) is 2.08. The SMILES string of the molecule is CCNC(=O)CNC(=O)/C=C/c1sccc1C. The molecule has 0 spiro atoms. The molecule has 4 nitrogen and oxygen atoms in total. The average Bonchev–Trinajstić information content (AvgIpc) is 2.70. The fraction of sp³-hybridized carbons (Fsp3) is 0.333. The van der Waals surface area contributed by atoms with E-state index in [0.29, 0.717) is 6.54 Å². The van der Waals surface area contributed by atoms with Crippen molar-refractivity contribution in [1.29, 1.82) is 0 Å². The highest BCUT2D eigenvalue weighted by Gasteiger charge is 2.01. The Morgan fingerprint density at radius 2 is 2.18 bits per heavy atom. The van der Waals surface area contributed by atoms with Gasteiger partial charge >= 0.3 is 0 Å². The van der Waals surface area contributed by atoms with Crippen molar-refractivity contribution in [2.24, 2.45) is 0 Å². The zero-order valence-corrected chi connectivity index (χ0v) is 10.8. The van der Waals surface area contributed by atoms with Crippen LogP contribution in [0.15, 0.2) is 17.5 Å². The van der Waals surface area contributed by atoms with E-state index >= 15 is 0 Å². The van der Waals surface area contributed by atoms with Gasteiger partial charge in [-0.15, -0.1) is 11.3 Å². The van der Waals surface area contributed by atoms with E-state index in [1.807, 2.05) is 25.3 Å². The zero-order chi connectivity index (χ0) is 12.7. The van der Waals surface area contributed by atoms with Gasteiger partial charge in [0.05, 0.1) is 6.54 Å². The number of carbonyl (C=O) groups is 2. The van der Waals surface area contributed by atoms with Crippen molar-refractivity contribution in [3.05, 3.63) is 28.0 Å². The summed E-state index contributed by atoms with van der Waals surface area (Å²) in [6, 6.07) is 2.00. The molecule has 17 heavy (non-hydrogen) atoms. The molecule has 0 unspecified atom stereocenters. The number of nitrogens with one attached hydrogen (secondary N) is 2. The largest absolute Gasteiger partial charge is 0.355 e. The van der Waals surface area contributed by atoms with Gasteiger partial charge in [0.15, 0.2) is 0 Å². The van der Waals surface area contributed by atoms with Gasteiger partial charge in [0.1, 0.15) is 0 Å². The van der Waals surface area contributed by atoms with Gasteiger partial charge in [0, 0.05) is 17.5 Å². The Bertz CT molecular complexity index is 424. The minimum absolute atomic E-state index is 0.0143. The predicted molar refractivity (Wildman–Crippen MR) is 69.8 cm³/mol. The second-order valence-corrected chi connectivity index (χ2v) is 4.42. The summed E-state index contributed by atoms with van der Waals surface area (Å²) < 4.78 is 0. The Morgan fingerprint density at radius 1 is 1.41 bits per heavy atom. The number of thiophene rings is 1. The zero-order valence-electron chi connectivity index (χ0n) is 9.95.